The monoisotopic (exact) mass is 350 g/mol. The van der Waals surface area contributed by atoms with Crippen LogP contribution in [-0.2, 0) is 18.2 Å². The topological polar surface area (TPSA) is 87.6 Å². The van der Waals surface area contributed by atoms with Crippen molar-refractivity contribution in [1.82, 2.24) is 14.5 Å². The summed E-state index contributed by atoms with van der Waals surface area (Å²) in [5.74, 6) is 0.550. The second-order valence-corrected chi connectivity index (χ2v) is 6.28. The fraction of sp³-hybridized carbons (Fsp3) is 0.588. The van der Waals surface area contributed by atoms with E-state index in [1.54, 1.807) is 11.8 Å². The molecule has 1 aromatic rings. The quantitative estimate of drug-likeness (QED) is 0.814. The van der Waals surface area contributed by atoms with Crippen molar-refractivity contribution in [3.63, 3.8) is 0 Å². The molecule has 0 atom stereocenters. The highest BCUT2D eigenvalue weighted by Gasteiger charge is 2.25. The molecule has 8 heteroatoms. The zero-order valence-corrected chi connectivity index (χ0v) is 15.3. The van der Waals surface area contributed by atoms with Crippen molar-refractivity contribution in [3.05, 3.63) is 38.1 Å². The third-order valence-electron chi connectivity index (χ3n) is 4.21. The van der Waals surface area contributed by atoms with Gasteiger partial charge in [-0.25, -0.2) is 9.59 Å². The Morgan fingerprint density at radius 2 is 1.84 bits per heavy atom. The second kappa shape index (κ2) is 8.04. The van der Waals surface area contributed by atoms with Gasteiger partial charge in [0.15, 0.2) is 0 Å². The third kappa shape index (κ3) is 4.32. The number of hydrogen-bond donors (Lipinski definition) is 1. The number of H-pyrrole nitrogens is 1. The molecule has 0 saturated carbocycles. The summed E-state index contributed by atoms with van der Waals surface area (Å²) in [6.45, 7) is 8.08. The van der Waals surface area contributed by atoms with Crippen molar-refractivity contribution in [3.8, 4) is 0 Å². The molecule has 0 unspecified atom stereocenters. The predicted octanol–water partition coefficient (Wildman–Crippen LogP) is 0.861. The van der Waals surface area contributed by atoms with E-state index in [1.165, 1.54) is 7.05 Å². The maximum Gasteiger partial charge on any atom is 0.409 e. The van der Waals surface area contributed by atoms with Gasteiger partial charge in [-0.1, -0.05) is 11.6 Å². The van der Waals surface area contributed by atoms with Crippen molar-refractivity contribution in [2.75, 3.05) is 37.7 Å². The van der Waals surface area contributed by atoms with Gasteiger partial charge in [-0.05, 0) is 27.2 Å². The van der Waals surface area contributed by atoms with Crippen LogP contribution in [0.15, 0.2) is 21.2 Å². The Balaban J connectivity index is 2.27. The maximum atomic E-state index is 12.5. The van der Waals surface area contributed by atoms with E-state index >= 15 is 0 Å². The van der Waals surface area contributed by atoms with Gasteiger partial charge in [-0.3, -0.25) is 14.3 Å². The number of carbonyl (C=O) groups is 1. The number of piperazine rings is 1. The van der Waals surface area contributed by atoms with Crippen molar-refractivity contribution >= 4 is 11.9 Å². The zero-order valence-electron chi connectivity index (χ0n) is 15.3. The van der Waals surface area contributed by atoms with Gasteiger partial charge in [0, 0.05) is 33.2 Å². The van der Waals surface area contributed by atoms with Crippen LogP contribution in [0.3, 0.4) is 0 Å². The molecule has 1 aromatic heterocycles. The molecular weight excluding hydrogens is 324 g/mol. The Hall–Kier alpha value is -2.51. The van der Waals surface area contributed by atoms with Gasteiger partial charge in [0.2, 0.25) is 0 Å². The number of hydrogen-bond acceptors (Lipinski definition) is 5. The number of aromatic nitrogens is 2. The minimum Gasteiger partial charge on any atom is -0.450 e. The van der Waals surface area contributed by atoms with Gasteiger partial charge >= 0.3 is 11.8 Å². The summed E-state index contributed by atoms with van der Waals surface area (Å²) in [4.78, 5) is 42.8. The smallest absolute Gasteiger partial charge is 0.409 e. The van der Waals surface area contributed by atoms with E-state index in [4.69, 9.17) is 4.74 Å². The summed E-state index contributed by atoms with van der Waals surface area (Å²) >= 11 is 0. The lowest BCUT2D eigenvalue weighted by molar-refractivity contribution is 0.105. The molecule has 1 amide bonds. The molecule has 1 aliphatic heterocycles. The van der Waals surface area contributed by atoms with Crippen LogP contribution >= 0.6 is 0 Å². The molecule has 0 radical (unpaired) electrons. The number of rotatable bonds is 4. The Bertz CT molecular complexity index is 766. The second-order valence-electron chi connectivity index (χ2n) is 6.28. The average Bonchev–Trinajstić information content (AvgIpc) is 2.59. The molecule has 0 aromatic carbocycles. The normalized spacial score (nSPS) is 14.4. The Labute approximate surface area is 146 Å². The molecule has 138 valence electrons. The number of allylic oxidation sites excluding steroid dienone is 2. The standard InChI is InChI=1S/C17H26N4O4/c1-5-25-17(24)21-10-8-20(9-11-21)14-13(7-6-12(2)3)15(22)19(4)16(23)18-14/h6H,5,7-11H2,1-4H3,(H,18,23). The fourth-order valence-electron chi connectivity index (χ4n) is 2.74. The van der Waals surface area contributed by atoms with Crippen LogP contribution in [-0.4, -0.2) is 53.3 Å². The van der Waals surface area contributed by atoms with E-state index in [0.717, 1.165) is 10.1 Å². The fourth-order valence-corrected chi connectivity index (χ4v) is 2.74. The lowest BCUT2D eigenvalue weighted by atomic mass is 10.1. The molecule has 2 rings (SSSR count). The number of aromatic amines is 1. The number of amides is 1. The van der Waals surface area contributed by atoms with E-state index in [-0.39, 0.29) is 11.7 Å². The first kappa shape index (κ1) is 18.8. The first-order chi connectivity index (χ1) is 11.8. The van der Waals surface area contributed by atoms with Crippen LogP contribution in [0.5, 0.6) is 0 Å². The Kier molecular flexibility index (Phi) is 6.06. The minimum atomic E-state index is -0.436. The summed E-state index contributed by atoms with van der Waals surface area (Å²) < 4.78 is 6.10. The lowest BCUT2D eigenvalue weighted by Gasteiger charge is -2.35. The highest BCUT2D eigenvalue weighted by molar-refractivity contribution is 5.68. The van der Waals surface area contributed by atoms with Crippen LogP contribution in [0.1, 0.15) is 26.3 Å². The van der Waals surface area contributed by atoms with Crippen LogP contribution in [0.4, 0.5) is 10.6 Å². The van der Waals surface area contributed by atoms with Crippen molar-refractivity contribution < 1.29 is 9.53 Å². The van der Waals surface area contributed by atoms with E-state index in [2.05, 4.69) is 4.98 Å². The number of ether oxygens (including phenoxy) is 1. The van der Waals surface area contributed by atoms with Crippen molar-refractivity contribution in [1.29, 1.82) is 0 Å². The molecule has 0 aliphatic carbocycles. The Morgan fingerprint density at radius 3 is 2.40 bits per heavy atom. The molecule has 1 N–H and O–H groups in total. The summed E-state index contributed by atoms with van der Waals surface area (Å²) in [6.07, 6.45) is 2.09. The summed E-state index contributed by atoms with van der Waals surface area (Å²) in [5.41, 5.74) is 0.942. The van der Waals surface area contributed by atoms with E-state index in [9.17, 15) is 14.4 Å². The predicted molar refractivity (Wildman–Crippen MR) is 96.2 cm³/mol. The van der Waals surface area contributed by atoms with Crippen LogP contribution < -0.4 is 16.1 Å². The molecular formula is C17H26N4O4. The summed E-state index contributed by atoms with van der Waals surface area (Å²) in [7, 11) is 1.47. The zero-order chi connectivity index (χ0) is 18.6. The SMILES string of the molecule is CCOC(=O)N1CCN(c2[nH]c(=O)n(C)c(=O)c2CC=C(C)C)CC1. The first-order valence-electron chi connectivity index (χ1n) is 8.47. The average molecular weight is 350 g/mol. The van der Waals surface area contributed by atoms with E-state index in [1.807, 2.05) is 24.8 Å². The van der Waals surface area contributed by atoms with Gasteiger partial charge in [0.1, 0.15) is 5.82 Å². The molecule has 1 fully saturated rings. The Morgan fingerprint density at radius 1 is 1.20 bits per heavy atom. The van der Waals surface area contributed by atoms with Gasteiger partial charge in [0.25, 0.3) is 5.56 Å². The van der Waals surface area contributed by atoms with E-state index < -0.39 is 5.69 Å². The van der Waals surface area contributed by atoms with Crippen LogP contribution in [0.25, 0.3) is 0 Å². The van der Waals surface area contributed by atoms with Crippen molar-refractivity contribution in [2.45, 2.75) is 27.2 Å². The molecule has 1 saturated heterocycles. The van der Waals surface area contributed by atoms with Crippen LogP contribution in [0, 0.1) is 0 Å². The number of nitrogens with zero attached hydrogens (tertiary/aromatic N) is 3. The maximum absolute atomic E-state index is 12.5. The molecule has 0 bridgehead atoms. The molecule has 1 aliphatic rings. The number of carbonyl (C=O) groups excluding carboxylic acids is 1. The summed E-state index contributed by atoms with van der Waals surface area (Å²) in [5, 5.41) is 0. The molecule has 25 heavy (non-hydrogen) atoms. The van der Waals surface area contributed by atoms with Gasteiger partial charge in [-0.2, -0.15) is 0 Å². The summed E-state index contributed by atoms with van der Waals surface area (Å²) in [6, 6.07) is 0. The lowest BCUT2D eigenvalue weighted by Crippen LogP contribution is -2.50. The molecule has 8 nitrogen and oxygen atoms in total. The third-order valence-corrected chi connectivity index (χ3v) is 4.21. The van der Waals surface area contributed by atoms with Crippen molar-refractivity contribution in [2.24, 2.45) is 7.05 Å². The highest BCUT2D eigenvalue weighted by Crippen LogP contribution is 2.17. The highest BCUT2D eigenvalue weighted by atomic mass is 16.6. The van der Waals surface area contributed by atoms with Gasteiger partial charge < -0.3 is 14.5 Å². The largest absolute Gasteiger partial charge is 0.450 e. The van der Waals surface area contributed by atoms with Gasteiger partial charge in [-0.15, -0.1) is 0 Å². The van der Waals surface area contributed by atoms with E-state index in [0.29, 0.717) is 50.6 Å². The number of anilines is 1. The van der Waals surface area contributed by atoms with Crippen LogP contribution in [0.2, 0.25) is 0 Å². The molecule has 2 heterocycles. The molecule has 0 spiro atoms. The number of nitrogens with one attached hydrogen (secondary N) is 1. The van der Waals surface area contributed by atoms with Gasteiger partial charge in [0.05, 0.1) is 12.2 Å². The minimum absolute atomic E-state index is 0.288. The first-order valence-corrected chi connectivity index (χ1v) is 8.47.